The lowest BCUT2D eigenvalue weighted by Crippen LogP contribution is -2.59. The summed E-state index contributed by atoms with van der Waals surface area (Å²) in [6.45, 7) is 5.34. The van der Waals surface area contributed by atoms with Crippen molar-refractivity contribution < 1.29 is 5.11 Å². The summed E-state index contributed by atoms with van der Waals surface area (Å²) in [4.78, 5) is 25.4. The van der Waals surface area contributed by atoms with Crippen molar-refractivity contribution in [3.05, 3.63) is 39.9 Å². The maximum Gasteiger partial charge on any atom is 0.272 e. The van der Waals surface area contributed by atoms with Crippen LogP contribution in [0.2, 0.25) is 5.02 Å². The number of hydrogen-bond donors (Lipinski definition) is 3. The van der Waals surface area contributed by atoms with Crippen LogP contribution in [0.15, 0.2) is 29.3 Å². The molecule has 0 bridgehead atoms. The number of nitrogens with zero attached hydrogens (tertiary/aromatic N) is 3. The number of hydrogen-bond acceptors (Lipinski definition) is 6. The fourth-order valence-corrected chi connectivity index (χ4v) is 2.93. The first-order valence-corrected chi connectivity index (χ1v) is 8.15. The van der Waals surface area contributed by atoms with Gasteiger partial charge in [-0.1, -0.05) is 11.6 Å². The molecule has 0 saturated carbocycles. The smallest absolute Gasteiger partial charge is 0.272 e. The Kier molecular flexibility index (Phi) is 4.58. The first-order chi connectivity index (χ1) is 11.4. The molecule has 2 aromatic rings. The lowest BCUT2D eigenvalue weighted by atomic mass is 9.97. The van der Waals surface area contributed by atoms with Crippen LogP contribution >= 0.6 is 11.6 Å². The Labute approximate surface area is 144 Å². The number of nitrogens with one attached hydrogen (secondary N) is 2. The SMILES string of the molecule is CC(C)(O)[C@@H]1CN(c2nc(-c3ccncc3)[nH]c(=O)c2Cl)CCN1. The van der Waals surface area contributed by atoms with Crippen molar-refractivity contribution in [2.45, 2.75) is 25.5 Å². The van der Waals surface area contributed by atoms with Crippen LogP contribution in [0.1, 0.15) is 13.8 Å². The average Bonchev–Trinajstić information content (AvgIpc) is 2.57. The molecule has 0 aromatic carbocycles. The Bertz CT molecular complexity index is 772. The molecular formula is C16H20ClN5O2. The van der Waals surface area contributed by atoms with E-state index in [0.29, 0.717) is 31.3 Å². The van der Waals surface area contributed by atoms with E-state index in [1.54, 1.807) is 38.4 Å². The molecule has 0 unspecified atom stereocenters. The topological polar surface area (TPSA) is 94.1 Å². The number of anilines is 1. The van der Waals surface area contributed by atoms with E-state index in [1.807, 2.05) is 4.90 Å². The van der Waals surface area contributed by atoms with Gasteiger partial charge in [0.1, 0.15) is 10.8 Å². The number of aliphatic hydroxyl groups is 1. The minimum atomic E-state index is -0.889. The van der Waals surface area contributed by atoms with Gasteiger partial charge < -0.3 is 20.3 Å². The number of H-pyrrole nitrogens is 1. The van der Waals surface area contributed by atoms with Crippen molar-refractivity contribution in [3.8, 4) is 11.4 Å². The van der Waals surface area contributed by atoms with E-state index in [2.05, 4.69) is 20.3 Å². The maximum absolute atomic E-state index is 12.2. The summed E-state index contributed by atoms with van der Waals surface area (Å²) in [7, 11) is 0. The van der Waals surface area contributed by atoms with Gasteiger partial charge in [-0.3, -0.25) is 9.78 Å². The highest BCUT2D eigenvalue weighted by Gasteiger charge is 2.32. The third-order valence-electron chi connectivity index (χ3n) is 4.13. The van der Waals surface area contributed by atoms with Gasteiger partial charge in [-0.05, 0) is 26.0 Å². The molecule has 0 spiro atoms. The maximum atomic E-state index is 12.2. The van der Waals surface area contributed by atoms with Gasteiger partial charge in [0.15, 0.2) is 5.82 Å². The lowest BCUT2D eigenvalue weighted by Gasteiger charge is -2.40. The minimum absolute atomic E-state index is 0.0594. The van der Waals surface area contributed by atoms with Gasteiger partial charge >= 0.3 is 0 Å². The van der Waals surface area contributed by atoms with E-state index >= 15 is 0 Å². The summed E-state index contributed by atoms with van der Waals surface area (Å²) in [5.74, 6) is 0.878. The second-order valence-corrected chi connectivity index (χ2v) is 6.77. The molecule has 8 heteroatoms. The van der Waals surface area contributed by atoms with Gasteiger partial charge in [-0.2, -0.15) is 0 Å². The standard InChI is InChI=1S/C16H20ClN5O2/c1-16(2,24)11-9-22(8-7-19-11)14-12(17)15(23)21-13(20-14)10-3-5-18-6-4-10/h3-6,11,19,24H,7-9H2,1-2H3,(H,20,21,23)/t11-/m0/s1. The van der Waals surface area contributed by atoms with E-state index in [9.17, 15) is 9.90 Å². The van der Waals surface area contributed by atoms with Crippen LogP contribution in [0, 0.1) is 0 Å². The summed E-state index contributed by atoms with van der Waals surface area (Å²) in [6, 6.07) is 3.40. The molecule has 3 N–H and O–H groups in total. The van der Waals surface area contributed by atoms with E-state index in [4.69, 9.17) is 11.6 Å². The summed E-state index contributed by atoms with van der Waals surface area (Å²) in [6.07, 6.45) is 3.28. The Morgan fingerprint density at radius 2 is 2.08 bits per heavy atom. The molecule has 128 valence electrons. The molecule has 24 heavy (non-hydrogen) atoms. The summed E-state index contributed by atoms with van der Waals surface area (Å²) in [5, 5.41) is 13.6. The highest BCUT2D eigenvalue weighted by atomic mass is 35.5. The second kappa shape index (κ2) is 6.51. The number of aromatic nitrogens is 3. The Morgan fingerprint density at radius 1 is 1.38 bits per heavy atom. The molecule has 1 atom stereocenters. The molecule has 0 aliphatic carbocycles. The van der Waals surface area contributed by atoms with Crippen LogP contribution in [0.3, 0.4) is 0 Å². The van der Waals surface area contributed by atoms with Crippen molar-refractivity contribution in [1.82, 2.24) is 20.3 Å². The van der Waals surface area contributed by atoms with Crippen LogP contribution < -0.4 is 15.8 Å². The molecule has 0 amide bonds. The van der Waals surface area contributed by atoms with E-state index < -0.39 is 5.60 Å². The molecule has 3 heterocycles. The lowest BCUT2D eigenvalue weighted by molar-refractivity contribution is 0.0363. The number of halogens is 1. The average molecular weight is 350 g/mol. The van der Waals surface area contributed by atoms with E-state index in [-0.39, 0.29) is 16.6 Å². The highest BCUT2D eigenvalue weighted by Crippen LogP contribution is 2.25. The van der Waals surface area contributed by atoms with Gasteiger partial charge in [0.25, 0.3) is 5.56 Å². The van der Waals surface area contributed by atoms with Gasteiger partial charge in [0.2, 0.25) is 0 Å². The second-order valence-electron chi connectivity index (χ2n) is 6.39. The van der Waals surface area contributed by atoms with Gasteiger partial charge in [0, 0.05) is 37.6 Å². The number of aromatic amines is 1. The van der Waals surface area contributed by atoms with Crippen molar-refractivity contribution in [2.75, 3.05) is 24.5 Å². The van der Waals surface area contributed by atoms with Gasteiger partial charge in [0.05, 0.1) is 11.6 Å². The Hall–Kier alpha value is -1.96. The van der Waals surface area contributed by atoms with Crippen molar-refractivity contribution in [1.29, 1.82) is 0 Å². The summed E-state index contributed by atoms with van der Waals surface area (Å²) < 4.78 is 0. The summed E-state index contributed by atoms with van der Waals surface area (Å²) in [5.41, 5.74) is -0.513. The molecule has 2 aromatic heterocycles. The van der Waals surface area contributed by atoms with Crippen molar-refractivity contribution in [3.63, 3.8) is 0 Å². The van der Waals surface area contributed by atoms with E-state index in [0.717, 1.165) is 5.56 Å². The first-order valence-electron chi connectivity index (χ1n) is 7.77. The van der Waals surface area contributed by atoms with E-state index in [1.165, 1.54) is 0 Å². The molecule has 0 radical (unpaired) electrons. The number of pyridine rings is 1. The fourth-order valence-electron chi connectivity index (χ4n) is 2.72. The van der Waals surface area contributed by atoms with Crippen LogP contribution in [0.25, 0.3) is 11.4 Å². The molecule has 1 aliphatic rings. The quantitative estimate of drug-likeness (QED) is 0.766. The highest BCUT2D eigenvalue weighted by molar-refractivity contribution is 6.32. The number of piperazine rings is 1. The predicted octanol–water partition coefficient (Wildman–Crippen LogP) is 1.03. The minimum Gasteiger partial charge on any atom is -0.389 e. The molecule has 7 nitrogen and oxygen atoms in total. The zero-order chi connectivity index (χ0) is 17.3. The Morgan fingerprint density at radius 3 is 2.75 bits per heavy atom. The molecular weight excluding hydrogens is 330 g/mol. The predicted molar refractivity (Wildman–Crippen MR) is 93.4 cm³/mol. The summed E-state index contributed by atoms with van der Waals surface area (Å²) >= 11 is 6.20. The van der Waals surface area contributed by atoms with Crippen molar-refractivity contribution in [2.24, 2.45) is 0 Å². The monoisotopic (exact) mass is 349 g/mol. The van der Waals surface area contributed by atoms with Crippen LogP contribution in [-0.4, -0.2) is 51.3 Å². The van der Waals surface area contributed by atoms with Crippen LogP contribution in [-0.2, 0) is 0 Å². The third-order valence-corrected chi connectivity index (χ3v) is 4.47. The van der Waals surface area contributed by atoms with Gasteiger partial charge in [-0.15, -0.1) is 0 Å². The normalized spacial score (nSPS) is 18.7. The molecule has 3 rings (SSSR count). The largest absolute Gasteiger partial charge is 0.389 e. The van der Waals surface area contributed by atoms with Crippen LogP contribution in [0.5, 0.6) is 0 Å². The van der Waals surface area contributed by atoms with Crippen LogP contribution in [0.4, 0.5) is 5.82 Å². The third kappa shape index (κ3) is 3.43. The molecule has 1 saturated heterocycles. The number of rotatable bonds is 3. The van der Waals surface area contributed by atoms with Crippen molar-refractivity contribution >= 4 is 17.4 Å². The zero-order valence-electron chi connectivity index (χ0n) is 13.6. The molecule has 1 aliphatic heterocycles. The van der Waals surface area contributed by atoms with Gasteiger partial charge in [-0.25, -0.2) is 4.98 Å². The fraction of sp³-hybridized carbons (Fsp3) is 0.438. The first kappa shape index (κ1) is 16.9. The zero-order valence-corrected chi connectivity index (χ0v) is 14.3. The Balaban J connectivity index is 1.98. The molecule has 1 fully saturated rings.